The minimum absolute atomic E-state index is 0.0259. The first-order valence-electron chi connectivity index (χ1n) is 8.70. The van der Waals surface area contributed by atoms with Crippen LogP contribution in [0.1, 0.15) is 22.3 Å². The van der Waals surface area contributed by atoms with Gasteiger partial charge in [0.1, 0.15) is 10.1 Å². The number of carbonyl (C=O) groups is 3. The summed E-state index contributed by atoms with van der Waals surface area (Å²) < 4.78 is 14.1. The molecule has 1 saturated heterocycles. The number of hydrogen-bond donors (Lipinski definition) is 2. The van der Waals surface area contributed by atoms with Gasteiger partial charge >= 0.3 is 0 Å². The summed E-state index contributed by atoms with van der Waals surface area (Å²) in [6.07, 6.45) is 1.34. The van der Waals surface area contributed by atoms with Crippen molar-refractivity contribution in [1.82, 2.24) is 15.8 Å². The summed E-state index contributed by atoms with van der Waals surface area (Å²) in [5, 5.41) is 0.395. The van der Waals surface area contributed by atoms with Crippen LogP contribution in [0.15, 0.2) is 53.4 Å². The van der Waals surface area contributed by atoms with E-state index >= 15 is 0 Å². The Balaban J connectivity index is 1.53. The molecule has 0 aromatic heterocycles. The minimum Gasteiger partial charge on any atom is -0.292 e. The van der Waals surface area contributed by atoms with Crippen LogP contribution in [0.4, 0.5) is 4.39 Å². The maximum absolute atomic E-state index is 13.8. The highest BCUT2D eigenvalue weighted by Crippen LogP contribution is 2.32. The lowest BCUT2D eigenvalue weighted by Gasteiger charge is -2.14. The van der Waals surface area contributed by atoms with Gasteiger partial charge in [-0.25, -0.2) is 4.39 Å². The van der Waals surface area contributed by atoms with Crippen molar-refractivity contribution in [3.05, 3.63) is 75.4 Å². The first kappa shape index (κ1) is 21.9. The van der Waals surface area contributed by atoms with E-state index in [-0.39, 0.29) is 33.3 Å². The number of thioether (sulfide) groups is 1. The average molecular weight is 464 g/mol. The predicted molar refractivity (Wildman–Crippen MR) is 118 cm³/mol. The van der Waals surface area contributed by atoms with Crippen molar-refractivity contribution in [2.75, 3.05) is 6.54 Å². The summed E-state index contributed by atoms with van der Waals surface area (Å²) in [7, 11) is 0. The van der Waals surface area contributed by atoms with Crippen molar-refractivity contribution in [1.29, 1.82) is 0 Å². The van der Waals surface area contributed by atoms with Gasteiger partial charge in [0.25, 0.3) is 11.8 Å². The summed E-state index contributed by atoms with van der Waals surface area (Å²) in [5.41, 5.74) is 5.13. The highest BCUT2D eigenvalue weighted by Gasteiger charge is 2.32. The lowest BCUT2D eigenvalue weighted by atomic mass is 10.2. The number of nitrogens with zero attached hydrogens (tertiary/aromatic N) is 1. The Kier molecular flexibility index (Phi) is 7.20. The number of carbonyl (C=O) groups excluding carboxylic acids is 3. The maximum Gasteiger partial charge on any atom is 0.269 e. The van der Waals surface area contributed by atoms with Crippen LogP contribution in [0, 0.1) is 5.82 Å². The molecule has 0 spiro atoms. The smallest absolute Gasteiger partial charge is 0.269 e. The molecule has 30 heavy (non-hydrogen) atoms. The molecule has 6 nitrogen and oxygen atoms in total. The number of thiocarbonyl (C=S) groups is 1. The Morgan fingerprint density at radius 2 is 1.93 bits per heavy atom. The maximum atomic E-state index is 13.8. The molecule has 0 radical (unpaired) electrons. The standard InChI is InChI=1S/C20H15ClFN3O3S2/c21-14-6-3-5-13(10-14)18(27)24-23-17(26)8-9-25-19(28)16(30-20(25)29)11-12-4-1-2-7-15(12)22/h1-7,10-11H,8-9H2,(H,23,26)(H,24,27). The summed E-state index contributed by atoms with van der Waals surface area (Å²) in [5.74, 6) is -1.87. The van der Waals surface area contributed by atoms with Gasteiger partial charge in [-0.3, -0.25) is 30.1 Å². The molecule has 0 saturated carbocycles. The van der Waals surface area contributed by atoms with Crippen LogP contribution in [0.2, 0.25) is 5.02 Å². The fourth-order valence-electron chi connectivity index (χ4n) is 2.53. The molecule has 10 heteroatoms. The Labute approximate surface area is 186 Å². The summed E-state index contributed by atoms with van der Waals surface area (Å²) >= 11 is 12.1. The molecule has 0 aliphatic carbocycles. The van der Waals surface area contributed by atoms with Gasteiger partial charge in [0, 0.05) is 29.1 Å². The van der Waals surface area contributed by atoms with Gasteiger partial charge in [0.2, 0.25) is 5.91 Å². The van der Waals surface area contributed by atoms with E-state index in [4.69, 9.17) is 23.8 Å². The molecule has 1 aliphatic rings. The highest BCUT2D eigenvalue weighted by molar-refractivity contribution is 8.26. The molecular weight excluding hydrogens is 449 g/mol. The van der Waals surface area contributed by atoms with Crippen molar-refractivity contribution in [2.45, 2.75) is 6.42 Å². The zero-order valence-corrected chi connectivity index (χ0v) is 17.7. The van der Waals surface area contributed by atoms with Gasteiger partial charge in [0.05, 0.1) is 4.91 Å². The van der Waals surface area contributed by atoms with Crippen LogP contribution in [-0.2, 0) is 9.59 Å². The van der Waals surface area contributed by atoms with E-state index in [1.54, 1.807) is 36.4 Å². The third-order valence-electron chi connectivity index (χ3n) is 4.03. The van der Waals surface area contributed by atoms with E-state index in [1.165, 1.54) is 23.1 Å². The van der Waals surface area contributed by atoms with Gasteiger partial charge in [-0.2, -0.15) is 0 Å². The van der Waals surface area contributed by atoms with Crippen molar-refractivity contribution < 1.29 is 18.8 Å². The average Bonchev–Trinajstić information content (AvgIpc) is 2.99. The van der Waals surface area contributed by atoms with Crippen LogP contribution >= 0.6 is 35.6 Å². The zero-order valence-electron chi connectivity index (χ0n) is 15.4. The lowest BCUT2D eigenvalue weighted by Crippen LogP contribution is -2.43. The predicted octanol–water partition coefficient (Wildman–Crippen LogP) is 3.53. The summed E-state index contributed by atoms with van der Waals surface area (Å²) in [6.45, 7) is 0.0259. The first-order chi connectivity index (χ1) is 14.3. The number of amides is 3. The third-order valence-corrected chi connectivity index (χ3v) is 5.64. The Bertz CT molecular complexity index is 1060. The molecule has 2 aromatic rings. The minimum atomic E-state index is -0.524. The third kappa shape index (κ3) is 5.44. The van der Waals surface area contributed by atoms with Gasteiger partial charge in [-0.15, -0.1) is 0 Å². The summed E-state index contributed by atoms with van der Waals surface area (Å²) in [4.78, 5) is 38.1. The van der Waals surface area contributed by atoms with Crippen molar-refractivity contribution in [3.8, 4) is 0 Å². The van der Waals surface area contributed by atoms with Crippen LogP contribution in [0.5, 0.6) is 0 Å². The monoisotopic (exact) mass is 463 g/mol. The molecule has 1 aliphatic heterocycles. The second-order valence-electron chi connectivity index (χ2n) is 6.12. The molecule has 0 unspecified atom stereocenters. The topological polar surface area (TPSA) is 78.5 Å². The zero-order chi connectivity index (χ0) is 21.7. The van der Waals surface area contributed by atoms with Gasteiger partial charge in [-0.1, -0.05) is 59.8 Å². The Morgan fingerprint density at radius 1 is 1.17 bits per heavy atom. The molecule has 0 atom stereocenters. The lowest BCUT2D eigenvalue weighted by molar-refractivity contribution is -0.124. The number of benzene rings is 2. The second kappa shape index (κ2) is 9.84. The Morgan fingerprint density at radius 3 is 2.67 bits per heavy atom. The number of rotatable bonds is 5. The van der Waals surface area contributed by atoms with Crippen LogP contribution in [0.25, 0.3) is 6.08 Å². The number of halogens is 2. The fourth-order valence-corrected chi connectivity index (χ4v) is 4.02. The molecular formula is C20H15ClFN3O3S2. The largest absolute Gasteiger partial charge is 0.292 e. The van der Waals surface area contributed by atoms with Crippen LogP contribution in [-0.4, -0.2) is 33.5 Å². The molecule has 2 N–H and O–H groups in total. The molecule has 154 valence electrons. The summed E-state index contributed by atoms with van der Waals surface area (Å²) in [6, 6.07) is 12.3. The van der Waals surface area contributed by atoms with E-state index in [9.17, 15) is 18.8 Å². The van der Waals surface area contributed by atoms with E-state index in [0.29, 0.717) is 5.02 Å². The molecule has 3 rings (SSSR count). The van der Waals surface area contributed by atoms with E-state index in [0.717, 1.165) is 11.8 Å². The number of hydrazine groups is 1. The fraction of sp³-hybridized carbons (Fsp3) is 0.100. The highest BCUT2D eigenvalue weighted by atomic mass is 35.5. The van der Waals surface area contributed by atoms with Gasteiger partial charge < -0.3 is 0 Å². The van der Waals surface area contributed by atoms with Crippen LogP contribution < -0.4 is 10.9 Å². The normalized spacial score (nSPS) is 14.9. The van der Waals surface area contributed by atoms with E-state index in [1.807, 2.05) is 0 Å². The quantitative estimate of drug-likeness (QED) is 0.403. The second-order valence-corrected chi connectivity index (χ2v) is 8.23. The Hall–Kier alpha value is -2.75. The number of hydrogen-bond acceptors (Lipinski definition) is 5. The van der Waals surface area contributed by atoms with Gasteiger partial charge in [0.15, 0.2) is 0 Å². The van der Waals surface area contributed by atoms with Crippen LogP contribution in [0.3, 0.4) is 0 Å². The molecule has 2 aromatic carbocycles. The molecule has 3 amide bonds. The van der Waals surface area contributed by atoms with Crippen molar-refractivity contribution in [3.63, 3.8) is 0 Å². The number of nitrogens with one attached hydrogen (secondary N) is 2. The van der Waals surface area contributed by atoms with Crippen molar-refractivity contribution >= 4 is 63.7 Å². The molecule has 0 bridgehead atoms. The van der Waals surface area contributed by atoms with E-state index in [2.05, 4.69) is 10.9 Å². The van der Waals surface area contributed by atoms with Crippen molar-refractivity contribution in [2.24, 2.45) is 0 Å². The van der Waals surface area contributed by atoms with Gasteiger partial charge in [-0.05, 0) is 30.3 Å². The molecule has 1 heterocycles. The molecule has 1 fully saturated rings. The SMILES string of the molecule is O=C(CCN1C(=O)C(=Cc2ccccc2F)SC1=S)NNC(=O)c1cccc(Cl)c1. The first-order valence-corrected chi connectivity index (χ1v) is 10.3. The van der Waals surface area contributed by atoms with E-state index < -0.39 is 23.5 Å².